The van der Waals surface area contributed by atoms with E-state index in [0.29, 0.717) is 6.54 Å². The van der Waals surface area contributed by atoms with Crippen molar-refractivity contribution in [2.45, 2.75) is 26.7 Å². The fourth-order valence-electron chi connectivity index (χ4n) is 2.34. The highest BCUT2D eigenvalue weighted by molar-refractivity contribution is 5.95. The summed E-state index contributed by atoms with van der Waals surface area (Å²) in [6, 6.07) is 7.66. The van der Waals surface area contributed by atoms with Crippen LogP contribution in [0.2, 0.25) is 0 Å². The van der Waals surface area contributed by atoms with Crippen LogP contribution >= 0.6 is 0 Å². The summed E-state index contributed by atoms with van der Waals surface area (Å²) in [6.45, 7) is 4.36. The van der Waals surface area contributed by atoms with Gasteiger partial charge in [0.25, 0.3) is 0 Å². The van der Waals surface area contributed by atoms with Crippen LogP contribution in [0.15, 0.2) is 43.0 Å². The SMILES string of the molecule is CCC(CC)(CN)C(=O)Nc1ccc(-n2ccnc2)cc1. The molecule has 0 fully saturated rings. The Labute approximate surface area is 125 Å². The van der Waals surface area contributed by atoms with Gasteiger partial charge in [-0.2, -0.15) is 0 Å². The molecule has 0 saturated heterocycles. The molecule has 1 heterocycles. The second-order valence-electron chi connectivity index (χ2n) is 5.16. The van der Waals surface area contributed by atoms with Gasteiger partial charge in [0.15, 0.2) is 0 Å². The normalized spacial score (nSPS) is 11.4. The molecule has 0 saturated carbocycles. The van der Waals surface area contributed by atoms with E-state index in [9.17, 15) is 4.79 Å². The average molecular weight is 286 g/mol. The van der Waals surface area contributed by atoms with Gasteiger partial charge < -0.3 is 15.6 Å². The van der Waals surface area contributed by atoms with Crippen molar-refractivity contribution in [2.24, 2.45) is 11.1 Å². The number of nitrogens with two attached hydrogens (primary N) is 1. The topological polar surface area (TPSA) is 72.9 Å². The monoisotopic (exact) mass is 286 g/mol. The summed E-state index contributed by atoms with van der Waals surface area (Å²) < 4.78 is 1.91. The number of benzene rings is 1. The minimum atomic E-state index is -0.483. The van der Waals surface area contributed by atoms with Crippen LogP contribution in [0.1, 0.15) is 26.7 Å². The van der Waals surface area contributed by atoms with Crippen LogP contribution in [0.3, 0.4) is 0 Å². The molecule has 5 nitrogen and oxygen atoms in total. The lowest BCUT2D eigenvalue weighted by molar-refractivity contribution is -0.125. The van der Waals surface area contributed by atoms with Crippen molar-refractivity contribution in [1.29, 1.82) is 0 Å². The number of aromatic nitrogens is 2. The standard InChI is InChI=1S/C16H22N4O/c1-3-16(4-2,11-17)15(21)19-13-5-7-14(8-6-13)20-10-9-18-12-20/h5-10,12H,3-4,11,17H2,1-2H3,(H,19,21). The third-order valence-corrected chi connectivity index (χ3v) is 4.15. The number of nitrogens with one attached hydrogen (secondary N) is 1. The lowest BCUT2D eigenvalue weighted by Gasteiger charge is -2.28. The molecule has 0 radical (unpaired) electrons. The first-order chi connectivity index (χ1) is 10.1. The van der Waals surface area contributed by atoms with Gasteiger partial charge in [0.1, 0.15) is 0 Å². The van der Waals surface area contributed by atoms with E-state index < -0.39 is 5.41 Å². The molecular formula is C16H22N4O. The number of amides is 1. The number of hydrogen-bond donors (Lipinski definition) is 2. The Morgan fingerprint density at radius 1 is 1.29 bits per heavy atom. The van der Waals surface area contributed by atoms with E-state index in [0.717, 1.165) is 24.2 Å². The van der Waals surface area contributed by atoms with Crippen molar-refractivity contribution in [3.05, 3.63) is 43.0 Å². The summed E-state index contributed by atoms with van der Waals surface area (Å²) in [5.74, 6) is -0.00891. The zero-order valence-corrected chi connectivity index (χ0v) is 12.5. The van der Waals surface area contributed by atoms with Gasteiger partial charge in [0.2, 0.25) is 5.91 Å². The molecule has 0 aliphatic heterocycles. The molecule has 0 aliphatic carbocycles. The molecule has 5 heteroatoms. The highest BCUT2D eigenvalue weighted by Crippen LogP contribution is 2.27. The number of hydrogen-bond acceptors (Lipinski definition) is 3. The number of carbonyl (C=O) groups is 1. The highest BCUT2D eigenvalue weighted by Gasteiger charge is 2.33. The van der Waals surface area contributed by atoms with Crippen LogP contribution in [-0.4, -0.2) is 22.0 Å². The third-order valence-electron chi connectivity index (χ3n) is 4.15. The summed E-state index contributed by atoms with van der Waals surface area (Å²) >= 11 is 0. The van der Waals surface area contributed by atoms with Crippen LogP contribution in [-0.2, 0) is 4.79 Å². The fraction of sp³-hybridized carbons (Fsp3) is 0.375. The Morgan fingerprint density at radius 3 is 2.43 bits per heavy atom. The molecule has 1 amide bonds. The van der Waals surface area contributed by atoms with Crippen molar-refractivity contribution in [2.75, 3.05) is 11.9 Å². The molecule has 3 N–H and O–H groups in total. The number of imidazole rings is 1. The van der Waals surface area contributed by atoms with Crippen molar-refractivity contribution in [3.63, 3.8) is 0 Å². The minimum absolute atomic E-state index is 0.00891. The molecule has 2 rings (SSSR count). The lowest BCUT2D eigenvalue weighted by atomic mass is 9.81. The first-order valence-electron chi connectivity index (χ1n) is 7.25. The average Bonchev–Trinajstić information content (AvgIpc) is 3.05. The van der Waals surface area contributed by atoms with Gasteiger partial charge in [-0.1, -0.05) is 13.8 Å². The number of carbonyl (C=O) groups excluding carboxylic acids is 1. The largest absolute Gasteiger partial charge is 0.329 e. The number of nitrogens with zero attached hydrogens (tertiary/aromatic N) is 2. The zero-order valence-electron chi connectivity index (χ0n) is 12.5. The quantitative estimate of drug-likeness (QED) is 0.857. The molecule has 21 heavy (non-hydrogen) atoms. The molecule has 0 atom stereocenters. The Kier molecular flexibility index (Phi) is 4.75. The highest BCUT2D eigenvalue weighted by atomic mass is 16.2. The molecule has 1 aromatic carbocycles. The van der Waals surface area contributed by atoms with Gasteiger partial charge in [-0.3, -0.25) is 4.79 Å². The maximum absolute atomic E-state index is 12.4. The van der Waals surface area contributed by atoms with Gasteiger partial charge >= 0.3 is 0 Å². The summed E-state index contributed by atoms with van der Waals surface area (Å²) in [6.07, 6.45) is 6.81. The number of anilines is 1. The van der Waals surface area contributed by atoms with E-state index in [-0.39, 0.29) is 5.91 Å². The van der Waals surface area contributed by atoms with E-state index in [1.807, 2.05) is 48.9 Å². The molecule has 0 unspecified atom stereocenters. The molecule has 0 bridgehead atoms. The first kappa shape index (κ1) is 15.3. The van der Waals surface area contributed by atoms with Crippen LogP contribution in [0.25, 0.3) is 5.69 Å². The Hall–Kier alpha value is -2.14. The van der Waals surface area contributed by atoms with Crippen LogP contribution in [0.4, 0.5) is 5.69 Å². The Morgan fingerprint density at radius 2 is 1.95 bits per heavy atom. The Bertz CT molecular complexity index is 563. The predicted molar refractivity (Wildman–Crippen MR) is 84.3 cm³/mol. The molecular weight excluding hydrogens is 264 g/mol. The van der Waals surface area contributed by atoms with E-state index >= 15 is 0 Å². The van der Waals surface area contributed by atoms with Gasteiger partial charge in [-0.05, 0) is 37.1 Å². The van der Waals surface area contributed by atoms with E-state index in [1.54, 1.807) is 12.5 Å². The molecule has 112 valence electrons. The predicted octanol–water partition coefficient (Wildman–Crippen LogP) is 2.58. The van der Waals surface area contributed by atoms with Crippen LogP contribution < -0.4 is 11.1 Å². The van der Waals surface area contributed by atoms with Gasteiger partial charge in [0, 0.05) is 30.3 Å². The summed E-state index contributed by atoms with van der Waals surface area (Å²) in [7, 11) is 0. The van der Waals surface area contributed by atoms with Crippen molar-refractivity contribution >= 4 is 11.6 Å². The lowest BCUT2D eigenvalue weighted by Crippen LogP contribution is -2.41. The Balaban J connectivity index is 2.11. The second-order valence-corrected chi connectivity index (χ2v) is 5.16. The second kappa shape index (κ2) is 6.54. The van der Waals surface area contributed by atoms with Gasteiger partial charge in [-0.25, -0.2) is 4.98 Å². The maximum Gasteiger partial charge on any atom is 0.231 e. The molecule has 2 aromatic rings. The molecule has 0 spiro atoms. The van der Waals surface area contributed by atoms with E-state index in [1.165, 1.54) is 0 Å². The fourth-order valence-corrected chi connectivity index (χ4v) is 2.34. The third kappa shape index (κ3) is 3.13. The van der Waals surface area contributed by atoms with Gasteiger partial charge in [0.05, 0.1) is 11.7 Å². The number of rotatable bonds is 6. The summed E-state index contributed by atoms with van der Waals surface area (Å²) in [5, 5.41) is 2.96. The van der Waals surface area contributed by atoms with Crippen molar-refractivity contribution in [1.82, 2.24) is 9.55 Å². The minimum Gasteiger partial charge on any atom is -0.329 e. The van der Waals surface area contributed by atoms with E-state index in [4.69, 9.17) is 5.73 Å². The van der Waals surface area contributed by atoms with E-state index in [2.05, 4.69) is 10.3 Å². The van der Waals surface area contributed by atoms with Crippen LogP contribution in [0, 0.1) is 5.41 Å². The molecule has 0 aliphatic rings. The van der Waals surface area contributed by atoms with Crippen molar-refractivity contribution < 1.29 is 4.79 Å². The van der Waals surface area contributed by atoms with Crippen molar-refractivity contribution in [3.8, 4) is 5.69 Å². The summed E-state index contributed by atoms with van der Waals surface area (Å²) in [5.41, 5.74) is 7.10. The maximum atomic E-state index is 12.4. The smallest absolute Gasteiger partial charge is 0.231 e. The summed E-state index contributed by atoms with van der Waals surface area (Å²) in [4.78, 5) is 16.4. The van der Waals surface area contributed by atoms with Crippen LogP contribution in [0.5, 0.6) is 0 Å². The zero-order chi connectivity index (χ0) is 15.3. The first-order valence-corrected chi connectivity index (χ1v) is 7.25. The van der Waals surface area contributed by atoms with Gasteiger partial charge in [-0.15, -0.1) is 0 Å². The molecule has 1 aromatic heterocycles.